The van der Waals surface area contributed by atoms with E-state index in [2.05, 4.69) is 0 Å². The Morgan fingerprint density at radius 1 is 1.03 bits per heavy atom. The van der Waals surface area contributed by atoms with Crippen LogP contribution in [0.1, 0.15) is 43.9 Å². The number of aliphatic hydroxyl groups excluding tert-OH is 2. The number of aliphatic hydroxyl groups is 2. The van der Waals surface area contributed by atoms with Crippen LogP contribution in [0.25, 0.3) is 28.5 Å². The SMILES string of the molecule is CC(C)c1oc(-c2ccccc2)c(-c2ccc(F)cc2)c1C=CC(O)CC(O)CC(=O)O. The highest BCUT2D eigenvalue weighted by Crippen LogP contribution is 2.42. The van der Waals surface area contributed by atoms with Crippen LogP contribution in [0.3, 0.4) is 0 Å². The van der Waals surface area contributed by atoms with Gasteiger partial charge in [-0.1, -0.05) is 68.5 Å². The van der Waals surface area contributed by atoms with Gasteiger partial charge in [0, 0.05) is 29.0 Å². The molecule has 0 amide bonds. The Bertz CT molecular complexity index is 1070. The van der Waals surface area contributed by atoms with Gasteiger partial charge in [-0.3, -0.25) is 4.79 Å². The average molecular weight is 438 g/mol. The van der Waals surface area contributed by atoms with Gasteiger partial charge in [0.1, 0.15) is 17.3 Å². The van der Waals surface area contributed by atoms with Gasteiger partial charge < -0.3 is 19.7 Å². The molecule has 32 heavy (non-hydrogen) atoms. The van der Waals surface area contributed by atoms with E-state index in [-0.39, 0.29) is 18.2 Å². The average Bonchev–Trinajstić information content (AvgIpc) is 3.12. The molecule has 168 valence electrons. The molecule has 3 N–H and O–H groups in total. The Hall–Kier alpha value is -3.22. The third kappa shape index (κ3) is 5.72. The third-order valence-electron chi connectivity index (χ3n) is 5.08. The zero-order valence-electron chi connectivity index (χ0n) is 18.0. The zero-order valence-corrected chi connectivity index (χ0v) is 18.0. The Balaban J connectivity index is 2.08. The normalized spacial score (nSPS) is 13.6. The van der Waals surface area contributed by atoms with E-state index in [1.807, 2.05) is 44.2 Å². The molecule has 0 aliphatic rings. The second-order valence-corrected chi connectivity index (χ2v) is 8.03. The predicted molar refractivity (Wildman–Crippen MR) is 122 cm³/mol. The van der Waals surface area contributed by atoms with Gasteiger partial charge in [-0.05, 0) is 17.7 Å². The van der Waals surface area contributed by atoms with E-state index in [0.29, 0.717) is 11.5 Å². The van der Waals surface area contributed by atoms with Crippen LogP contribution in [-0.2, 0) is 4.79 Å². The molecule has 0 bridgehead atoms. The molecule has 3 aromatic rings. The molecule has 0 saturated carbocycles. The van der Waals surface area contributed by atoms with Crippen molar-refractivity contribution in [1.82, 2.24) is 0 Å². The number of furan rings is 1. The van der Waals surface area contributed by atoms with E-state index in [0.717, 1.165) is 22.3 Å². The number of hydrogen-bond acceptors (Lipinski definition) is 4. The van der Waals surface area contributed by atoms with Crippen LogP contribution in [0.15, 0.2) is 65.1 Å². The monoisotopic (exact) mass is 438 g/mol. The molecule has 0 radical (unpaired) electrons. The van der Waals surface area contributed by atoms with Crippen molar-refractivity contribution in [1.29, 1.82) is 0 Å². The maximum absolute atomic E-state index is 13.6. The first-order valence-electron chi connectivity index (χ1n) is 10.5. The topological polar surface area (TPSA) is 90.9 Å². The van der Waals surface area contributed by atoms with E-state index in [9.17, 15) is 19.4 Å². The summed E-state index contributed by atoms with van der Waals surface area (Å²) in [6.07, 6.45) is 0.506. The van der Waals surface area contributed by atoms with Crippen molar-refractivity contribution in [2.75, 3.05) is 0 Å². The maximum Gasteiger partial charge on any atom is 0.305 e. The van der Waals surface area contributed by atoms with Crippen LogP contribution in [0, 0.1) is 5.82 Å². The van der Waals surface area contributed by atoms with Crippen molar-refractivity contribution in [3.05, 3.63) is 77.8 Å². The van der Waals surface area contributed by atoms with Crippen molar-refractivity contribution in [2.45, 2.75) is 44.8 Å². The molecule has 2 aromatic carbocycles. The van der Waals surface area contributed by atoms with Gasteiger partial charge in [0.25, 0.3) is 0 Å². The molecule has 0 spiro atoms. The zero-order chi connectivity index (χ0) is 23.3. The Morgan fingerprint density at radius 2 is 1.69 bits per heavy atom. The van der Waals surface area contributed by atoms with E-state index < -0.39 is 24.6 Å². The van der Waals surface area contributed by atoms with Crippen LogP contribution in [0.5, 0.6) is 0 Å². The molecule has 3 rings (SSSR count). The standard InChI is InChI=1S/C26H27FO5/c1-16(2)25-22(13-12-20(28)14-21(29)15-23(30)31)24(17-8-10-19(27)11-9-17)26(32-25)18-6-4-3-5-7-18/h3-13,16,20-21,28-29H,14-15H2,1-2H3,(H,30,31). The molecule has 0 fully saturated rings. The van der Waals surface area contributed by atoms with E-state index in [1.165, 1.54) is 18.2 Å². The van der Waals surface area contributed by atoms with Crippen molar-refractivity contribution in [3.8, 4) is 22.5 Å². The molecule has 6 heteroatoms. The molecule has 0 aliphatic carbocycles. The van der Waals surface area contributed by atoms with Crippen LogP contribution in [-0.4, -0.2) is 33.5 Å². The van der Waals surface area contributed by atoms with Gasteiger partial charge in [-0.25, -0.2) is 4.39 Å². The van der Waals surface area contributed by atoms with E-state index in [4.69, 9.17) is 9.52 Å². The Kier molecular flexibility index (Phi) is 7.62. The van der Waals surface area contributed by atoms with Crippen LogP contribution >= 0.6 is 0 Å². The molecule has 0 saturated heterocycles. The summed E-state index contributed by atoms with van der Waals surface area (Å²) in [5.74, 6) is -0.0982. The largest absolute Gasteiger partial charge is 0.481 e. The lowest BCUT2D eigenvalue weighted by atomic mass is 9.94. The number of benzene rings is 2. The fraction of sp³-hybridized carbons (Fsp3) is 0.269. The first-order chi connectivity index (χ1) is 15.3. The second kappa shape index (κ2) is 10.4. The van der Waals surface area contributed by atoms with Crippen LogP contribution < -0.4 is 0 Å². The summed E-state index contributed by atoms with van der Waals surface area (Å²) in [5.41, 5.74) is 3.15. The summed E-state index contributed by atoms with van der Waals surface area (Å²) in [4.78, 5) is 10.8. The summed E-state index contributed by atoms with van der Waals surface area (Å²) >= 11 is 0. The minimum Gasteiger partial charge on any atom is -0.481 e. The second-order valence-electron chi connectivity index (χ2n) is 8.03. The summed E-state index contributed by atoms with van der Waals surface area (Å²) in [6.45, 7) is 3.98. The molecular weight excluding hydrogens is 411 g/mol. The molecule has 2 unspecified atom stereocenters. The lowest BCUT2D eigenvalue weighted by Gasteiger charge is -2.11. The molecule has 2 atom stereocenters. The molecule has 1 aromatic heterocycles. The molecule has 5 nitrogen and oxygen atoms in total. The van der Waals surface area contributed by atoms with Crippen molar-refractivity contribution in [3.63, 3.8) is 0 Å². The quantitative estimate of drug-likeness (QED) is 0.412. The Labute approximate surface area is 186 Å². The van der Waals surface area contributed by atoms with Crippen molar-refractivity contribution in [2.24, 2.45) is 0 Å². The number of carboxylic acids is 1. The summed E-state index contributed by atoms with van der Waals surface area (Å²) in [5, 5.41) is 28.9. The van der Waals surface area contributed by atoms with Crippen LogP contribution in [0.4, 0.5) is 4.39 Å². The van der Waals surface area contributed by atoms with Gasteiger partial charge >= 0.3 is 5.97 Å². The minimum atomic E-state index is -1.16. The molecule has 1 heterocycles. The lowest BCUT2D eigenvalue weighted by molar-refractivity contribution is -0.139. The van der Waals surface area contributed by atoms with Gasteiger partial charge in [0.2, 0.25) is 0 Å². The van der Waals surface area contributed by atoms with Gasteiger partial charge in [0.15, 0.2) is 0 Å². The summed E-state index contributed by atoms with van der Waals surface area (Å²) in [7, 11) is 0. The lowest BCUT2D eigenvalue weighted by Crippen LogP contribution is -2.19. The minimum absolute atomic E-state index is 0.0288. The van der Waals surface area contributed by atoms with Gasteiger partial charge in [0.05, 0.1) is 18.6 Å². The van der Waals surface area contributed by atoms with E-state index in [1.54, 1.807) is 18.2 Å². The molecule has 0 aliphatic heterocycles. The highest BCUT2D eigenvalue weighted by molar-refractivity contribution is 5.88. The van der Waals surface area contributed by atoms with Crippen molar-refractivity contribution >= 4 is 12.0 Å². The number of aliphatic carboxylic acids is 1. The van der Waals surface area contributed by atoms with Gasteiger partial charge in [-0.2, -0.15) is 0 Å². The highest BCUT2D eigenvalue weighted by atomic mass is 19.1. The maximum atomic E-state index is 13.6. The first-order valence-corrected chi connectivity index (χ1v) is 10.5. The predicted octanol–water partition coefficient (Wildman–Crippen LogP) is 5.48. The smallest absolute Gasteiger partial charge is 0.305 e. The number of rotatable bonds is 9. The number of carbonyl (C=O) groups is 1. The number of hydrogen-bond donors (Lipinski definition) is 3. The summed E-state index contributed by atoms with van der Waals surface area (Å²) < 4.78 is 19.9. The van der Waals surface area contributed by atoms with Gasteiger partial charge in [-0.15, -0.1) is 0 Å². The molecular formula is C26H27FO5. The van der Waals surface area contributed by atoms with Crippen LogP contribution in [0.2, 0.25) is 0 Å². The Morgan fingerprint density at radius 3 is 2.28 bits per heavy atom. The third-order valence-corrected chi connectivity index (χ3v) is 5.08. The first kappa shape index (κ1) is 23.4. The number of carboxylic acid groups (broad SMARTS) is 1. The number of halogens is 1. The van der Waals surface area contributed by atoms with Crippen molar-refractivity contribution < 1.29 is 28.9 Å². The fourth-order valence-corrected chi connectivity index (χ4v) is 3.60. The van der Waals surface area contributed by atoms with E-state index >= 15 is 0 Å². The fourth-order valence-electron chi connectivity index (χ4n) is 3.60. The summed E-state index contributed by atoms with van der Waals surface area (Å²) in [6, 6.07) is 15.7. The highest BCUT2D eigenvalue weighted by Gasteiger charge is 2.23.